The van der Waals surface area contributed by atoms with Crippen LogP contribution in [0.3, 0.4) is 0 Å². The minimum atomic E-state index is -4.59. The van der Waals surface area contributed by atoms with Crippen LogP contribution in [0.5, 0.6) is 0 Å². The number of carbonyl (C=O) groups excluding carboxylic acids is 1. The maximum atomic E-state index is 14.0. The van der Waals surface area contributed by atoms with Gasteiger partial charge in [-0.3, -0.25) is 9.48 Å². The summed E-state index contributed by atoms with van der Waals surface area (Å²) < 4.78 is 55.8. The number of amides is 1. The van der Waals surface area contributed by atoms with Crippen LogP contribution >= 0.6 is 11.6 Å². The Morgan fingerprint density at radius 3 is 2.58 bits per heavy atom. The fraction of sp³-hybridized carbons (Fsp3) is 0.480. The number of fused-ring (bicyclic) bond motifs is 1. The summed E-state index contributed by atoms with van der Waals surface area (Å²) in [6.07, 6.45) is -0.260. The smallest absolute Gasteiger partial charge is 0.382 e. The molecule has 3 aromatic rings. The van der Waals surface area contributed by atoms with Crippen molar-refractivity contribution >= 4 is 34.1 Å². The largest absolute Gasteiger partial charge is 0.433 e. The third-order valence-electron chi connectivity index (χ3n) is 6.16. The number of rotatable bonds is 6. The van der Waals surface area contributed by atoms with Gasteiger partial charge in [-0.2, -0.15) is 18.3 Å². The van der Waals surface area contributed by atoms with Gasteiger partial charge in [0.1, 0.15) is 11.4 Å². The predicted molar refractivity (Wildman–Crippen MR) is 131 cm³/mol. The number of benzene rings is 1. The summed E-state index contributed by atoms with van der Waals surface area (Å²) in [4.78, 5) is 16.7. The summed E-state index contributed by atoms with van der Waals surface area (Å²) in [5, 5.41) is 11.4. The zero-order valence-electron chi connectivity index (χ0n) is 20.2. The molecule has 6 nitrogen and oxygen atoms in total. The fourth-order valence-corrected chi connectivity index (χ4v) is 4.78. The number of hydrogen-bond donors (Lipinski definition) is 2. The Kier molecular flexibility index (Phi) is 7.19. The molecule has 194 valence electrons. The zero-order chi connectivity index (χ0) is 26.3. The Morgan fingerprint density at radius 1 is 1.17 bits per heavy atom. The monoisotopic (exact) mass is 525 g/mol. The molecule has 1 aliphatic carbocycles. The molecule has 11 heteroatoms. The summed E-state index contributed by atoms with van der Waals surface area (Å²) in [6, 6.07) is 5.23. The highest BCUT2D eigenvalue weighted by Gasteiger charge is 2.34. The van der Waals surface area contributed by atoms with Crippen LogP contribution in [0.15, 0.2) is 30.5 Å². The Labute approximate surface area is 211 Å². The number of aromatic nitrogens is 3. The molecule has 2 atom stereocenters. The molecule has 2 N–H and O–H groups in total. The van der Waals surface area contributed by atoms with Gasteiger partial charge in [0.15, 0.2) is 0 Å². The number of hydrogen-bond acceptors (Lipinski definition) is 4. The topological polar surface area (TPSA) is 71.8 Å². The van der Waals surface area contributed by atoms with E-state index in [1.54, 1.807) is 13.0 Å². The van der Waals surface area contributed by atoms with Crippen LogP contribution in [0.1, 0.15) is 61.3 Å². The van der Waals surface area contributed by atoms with Crippen LogP contribution in [0.4, 0.5) is 23.2 Å². The van der Waals surface area contributed by atoms with Crippen molar-refractivity contribution < 1.29 is 22.4 Å². The second-order valence-corrected chi connectivity index (χ2v) is 10.4. The number of aryl methyl sites for hydroxylation is 1. The lowest BCUT2D eigenvalue weighted by Crippen LogP contribution is -2.42. The highest BCUT2D eigenvalue weighted by molar-refractivity contribution is 6.31. The Balaban J connectivity index is 1.49. The van der Waals surface area contributed by atoms with Gasteiger partial charge in [0.05, 0.1) is 23.3 Å². The van der Waals surface area contributed by atoms with Crippen molar-refractivity contribution in [3.05, 3.63) is 52.4 Å². The van der Waals surface area contributed by atoms with Crippen LogP contribution in [-0.4, -0.2) is 38.4 Å². The van der Waals surface area contributed by atoms with E-state index in [9.17, 15) is 22.4 Å². The molecule has 0 saturated heterocycles. The molecule has 0 spiro atoms. The lowest BCUT2D eigenvalue weighted by Gasteiger charge is -2.31. The normalized spacial score (nSPS) is 18.9. The van der Waals surface area contributed by atoms with Gasteiger partial charge in [-0.25, -0.2) is 9.37 Å². The molecule has 2 aromatic heterocycles. The van der Waals surface area contributed by atoms with Crippen molar-refractivity contribution in [3.63, 3.8) is 0 Å². The van der Waals surface area contributed by atoms with Gasteiger partial charge in [-0.05, 0) is 70.7 Å². The first kappa shape index (κ1) is 26.2. The highest BCUT2D eigenvalue weighted by Crippen LogP contribution is 2.35. The number of alkyl halides is 4. The van der Waals surface area contributed by atoms with Crippen molar-refractivity contribution in [1.82, 2.24) is 20.1 Å². The lowest BCUT2D eigenvalue weighted by atomic mass is 9.90. The number of halogens is 5. The molecular weight excluding hydrogens is 498 g/mol. The SMILES string of the molecule is Cc1nn(CC(C)(C)F)cc1C(=O)N[C@@H]1CCC[C@H](Nc2cc(C(F)(F)F)nc3ccc(Cl)cc23)C1. The Bertz CT molecular complexity index is 1270. The predicted octanol–water partition coefficient (Wildman–Crippen LogP) is 6.31. The first-order valence-corrected chi connectivity index (χ1v) is 12.1. The van der Waals surface area contributed by atoms with E-state index in [0.29, 0.717) is 33.8 Å². The third-order valence-corrected chi connectivity index (χ3v) is 6.39. The van der Waals surface area contributed by atoms with Gasteiger partial charge < -0.3 is 10.6 Å². The summed E-state index contributed by atoms with van der Waals surface area (Å²) in [5.74, 6) is -0.304. The Hall–Kier alpha value is -2.88. The van der Waals surface area contributed by atoms with Crippen LogP contribution in [0, 0.1) is 6.92 Å². The van der Waals surface area contributed by atoms with E-state index in [-0.39, 0.29) is 30.1 Å². The van der Waals surface area contributed by atoms with Gasteiger partial charge in [0, 0.05) is 34.4 Å². The highest BCUT2D eigenvalue weighted by atomic mass is 35.5. The molecule has 1 amide bonds. The van der Waals surface area contributed by atoms with E-state index in [1.165, 1.54) is 36.9 Å². The van der Waals surface area contributed by atoms with E-state index in [0.717, 1.165) is 25.3 Å². The number of anilines is 1. The molecule has 0 unspecified atom stereocenters. The second kappa shape index (κ2) is 9.88. The third kappa shape index (κ3) is 6.27. The maximum absolute atomic E-state index is 14.0. The average molecular weight is 526 g/mol. The van der Waals surface area contributed by atoms with Crippen molar-refractivity contribution in [2.45, 2.75) is 76.9 Å². The quantitative estimate of drug-likeness (QED) is 0.370. The van der Waals surface area contributed by atoms with Crippen LogP contribution < -0.4 is 10.6 Å². The molecule has 1 saturated carbocycles. The summed E-state index contributed by atoms with van der Waals surface area (Å²) in [6.45, 7) is 4.60. The van der Waals surface area contributed by atoms with E-state index in [4.69, 9.17) is 11.6 Å². The van der Waals surface area contributed by atoms with Crippen LogP contribution in [0.2, 0.25) is 5.02 Å². The van der Waals surface area contributed by atoms with Gasteiger partial charge in [0.2, 0.25) is 0 Å². The standard InChI is InChI=1S/C25H28ClF4N5O/c1-14-19(12-35(34-14)13-24(2,3)27)23(36)32-17-6-4-5-16(10-17)31-21-11-22(25(28,29)30)33-20-8-7-15(26)9-18(20)21/h7-9,11-12,16-17H,4-6,10,13H2,1-3H3,(H,31,33)(H,32,36)/t16-,17+/m0/s1. The fourth-order valence-electron chi connectivity index (χ4n) is 4.60. The van der Waals surface area contributed by atoms with Gasteiger partial charge in [-0.15, -0.1) is 0 Å². The molecule has 2 heterocycles. The lowest BCUT2D eigenvalue weighted by molar-refractivity contribution is -0.140. The molecule has 1 aliphatic rings. The van der Waals surface area contributed by atoms with E-state index in [1.807, 2.05) is 0 Å². The maximum Gasteiger partial charge on any atom is 0.433 e. The van der Waals surface area contributed by atoms with Gasteiger partial charge in [0.25, 0.3) is 5.91 Å². The average Bonchev–Trinajstić information content (AvgIpc) is 3.12. The molecular formula is C25H28ClF4N5O. The molecule has 0 bridgehead atoms. The first-order chi connectivity index (χ1) is 16.8. The minimum Gasteiger partial charge on any atom is -0.382 e. The minimum absolute atomic E-state index is 0.0281. The van der Waals surface area contributed by atoms with Crippen molar-refractivity contribution in [1.29, 1.82) is 0 Å². The summed E-state index contributed by atoms with van der Waals surface area (Å²) in [5.41, 5.74) is -1.08. The Morgan fingerprint density at radius 2 is 1.89 bits per heavy atom. The van der Waals surface area contributed by atoms with Crippen LogP contribution in [-0.2, 0) is 12.7 Å². The molecule has 4 rings (SSSR count). The summed E-state index contributed by atoms with van der Waals surface area (Å²) >= 11 is 6.10. The number of nitrogens with one attached hydrogen (secondary N) is 2. The summed E-state index contributed by atoms with van der Waals surface area (Å²) in [7, 11) is 0. The van der Waals surface area contributed by atoms with E-state index >= 15 is 0 Å². The zero-order valence-corrected chi connectivity index (χ0v) is 21.0. The van der Waals surface area contributed by atoms with Crippen molar-refractivity contribution in [2.24, 2.45) is 0 Å². The molecule has 36 heavy (non-hydrogen) atoms. The molecule has 0 radical (unpaired) electrons. The van der Waals surface area contributed by atoms with Crippen molar-refractivity contribution in [3.8, 4) is 0 Å². The number of carbonyl (C=O) groups is 1. The van der Waals surface area contributed by atoms with E-state index < -0.39 is 17.5 Å². The van der Waals surface area contributed by atoms with E-state index in [2.05, 4.69) is 20.7 Å². The molecule has 0 aliphatic heterocycles. The first-order valence-electron chi connectivity index (χ1n) is 11.8. The molecule has 1 aromatic carbocycles. The second-order valence-electron chi connectivity index (χ2n) is 9.94. The van der Waals surface area contributed by atoms with Crippen molar-refractivity contribution in [2.75, 3.05) is 5.32 Å². The van der Waals surface area contributed by atoms with Crippen LogP contribution in [0.25, 0.3) is 10.9 Å². The van der Waals surface area contributed by atoms with Gasteiger partial charge in [-0.1, -0.05) is 11.6 Å². The van der Waals surface area contributed by atoms with Gasteiger partial charge >= 0.3 is 6.18 Å². The number of pyridine rings is 1. The number of nitrogens with zero attached hydrogens (tertiary/aromatic N) is 3. The molecule has 1 fully saturated rings.